The fraction of sp³-hybridized carbons (Fsp3) is 0.316. The van der Waals surface area contributed by atoms with Crippen LogP contribution in [0.5, 0.6) is 5.75 Å². The lowest BCUT2D eigenvalue weighted by Crippen LogP contribution is -2.37. The number of carbonyl (C=O) groups excluding carboxylic acids is 1. The van der Waals surface area contributed by atoms with E-state index in [0.717, 1.165) is 17.5 Å². The highest BCUT2D eigenvalue weighted by atomic mass is 35.5. The van der Waals surface area contributed by atoms with Crippen LogP contribution in [0.4, 0.5) is 0 Å². The van der Waals surface area contributed by atoms with Gasteiger partial charge in [0.1, 0.15) is 5.75 Å². The number of hydrogen-bond donors (Lipinski definition) is 1. The molecule has 1 atom stereocenters. The number of rotatable bonds is 6. The predicted molar refractivity (Wildman–Crippen MR) is 94.2 cm³/mol. The lowest BCUT2D eigenvalue weighted by atomic mass is 10.1. The number of amides is 1. The zero-order valence-corrected chi connectivity index (χ0v) is 14.5. The summed E-state index contributed by atoms with van der Waals surface area (Å²) in [6.45, 7) is 6.40. The van der Waals surface area contributed by atoms with Gasteiger partial charge in [-0.3, -0.25) is 4.79 Å². The topological polar surface area (TPSA) is 38.3 Å². The van der Waals surface area contributed by atoms with Gasteiger partial charge in [-0.05, 0) is 68.1 Å². The molecule has 0 aliphatic rings. The van der Waals surface area contributed by atoms with Crippen LogP contribution in [0, 0.1) is 13.8 Å². The quantitative estimate of drug-likeness (QED) is 0.866. The molecule has 0 heterocycles. The summed E-state index contributed by atoms with van der Waals surface area (Å²) in [6.07, 6.45) is 0.238. The maximum atomic E-state index is 12.1. The van der Waals surface area contributed by atoms with E-state index in [1.165, 1.54) is 5.56 Å². The maximum absolute atomic E-state index is 12.1. The Hall–Kier alpha value is -2.00. The molecule has 0 fully saturated rings. The second-order valence-corrected chi connectivity index (χ2v) is 6.11. The molecule has 4 heteroatoms. The SMILES string of the molecule is Cc1ccc(O[C@@H](C)C(=O)NCCc2ccc(Cl)cc2)cc1C. The molecule has 3 nitrogen and oxygen atoms in total. The first-order valence-electron chi connectivity index (χ1n) is 7.72. The highest BCUT2D eigenvalue weighted by Gasteiger charge is 2.14. The maximum Gasteiger partial charge on any atom is 0.260 e. The van der Waals surface area contributed by atoms with Gasteiger partial charge in [0.15, 0.2) is 6.10 Å². The third kappa shape index (κ3) is 5.29. The summed E-state index contributed by atoms with van der Waals surface area (Å²) < 4.78 is 5.70. The van der Waals surface area contributed by atoms with Crippen LogP contribution in [0.3, 0.4) is 0 Å². The second-order valence-electron chi connectivity index (χ2n) is 5.67. The number of halogens is 1. The fourth-order valence-corrected chi connectivity index (χ4v) is 2.30. The van der Waals surface area contributed by atoms with Crippen molar-refractivity contribution in [1.82, 2.24) is 5.32 Å². The van der Waals surface area contributed by atoms with Crippen LogP contribution in [0.1, 0.15) is 23.6 Å². The molecule has 0 aromatic heterocycles. The molecule has 2 rings (SSSR count). The van der Waals surface area contributed by atoms with Crippen molar-refractivity contribution >= 4 is 17.5 Å². The molecule has 0 bridgehead atoms. The second kappa shape index (κ2) is 8.02. The highest BCUT2D eigenvalue weighted by Crippen LogP contribution is 2.17. The molecule has 1 amide bonds. The normalized spacial score (nSPS) is 11.8. The largest absolute Gasteiger partial charge is 0.481 e. The van der Waals surface area contributed by atoms with Gasteiger partial charge in [-0.15, -0.1) is 0 Å². The van der Waals surface area contributed by atoms with Crippen LogP contribution in [0.2, 0.25) is 5.02 Å². The Kier molecular flexibility index (Phi) is 6.05. The van der Waals surface area contributed by atoms with Crippen LogP contribution in [0.25, 0.3) is 0 Å². The molecule has 0 saturated heterocycles. The first-order valence-corrected chi connectivity index (χ1v) is 8.09. The van der Waals surface area contributed by atoms with Gasteiger partial charge in [0.2, 0.25) is 0 Å². The summed E-state index contributed by atoms with van der Waals surface area (Å²) in [5, 5.41) is 3.61. The fourth-order valence-electron chi connectivity index (χ4n) is 2.17. The number of hydrogen-bond acceptors (Lipinski definition) is 2. The van der Waals surface area contributed by atoms with Crippen molar-refractivity contribution in [3.05, 3.63) is 64.2 Å². The van der Waals surface area contributed by atoms with E-state index >= 15 is 0 Å². The summed E-state index contributed by atoms with van der Waals surface area (Å²) in [5.41, 5.74) is 3.49. The van der Waals surface area contributed by atoms with E-state index in [-0.39, 0.29) is 5.91 Å². The van der Waals surface area contributed by atoms with Gasteiger partial charge in [0.25, 0.3) is 5.91 Å². The number of carbonyl (C=O) groups is 1. The monoisotopic (exact) mass is 331 g/mol. The summed E-state index contributed by atoms with van der Waals surface area (Å²) >= 11 is 5.85. The minimum absolute atomic E-state index is 0.114. The predicted octanol–water partition coefficient (Wildman–Crippen LogP) is 4.08. The molecule has 0 saturated carbocycles. The standard InChI is InChI=1S/C19H22ClNO2/c1-13-4-9-18(12-14(13)2)23-15(3)19(22)21-11-10-16-5-7-17(20)8-6-16/h4-9,12,15H,10-11H2,1-3H3,(H,21,22)/t15-/m0/s1. The Balaban J connectivity index is 1.80. The molecular formula is C19H22ClNO2. The lowest BCUT2D eigenvalue weighted by Gasteiger charge is -2.15. The first-order chi connectivity index (χ1) is 11.0. The van der Waals surface area contributed by atoms with E-state index < -0.39 is 6.10 Å². The molecule has 2 aromatic carbocycles. The molecule has 0 spiro atoms. The van der Waals surface area contributed by atoms with Crippen molar-refractivity contribution in [2.75, 3.05) is 6.54 Å². The molecule has 0 unspecified atom stereocenters. The van der Waals surface area contributed by atoms with Gasteiger partial charge in [0, 0.05) is 11.6 Å². The Morgan fingerprint density at radius 2 is 1.83 bits per heavy atom. The van der Waals surface area contributed by atoms with Crippen LogP contribution in [-0.2, 0) is 11.2 Å². The zero-order chi connectivity index (χ0) is 16.8. The smallest absolute Gasteiger partial charge is 0.260 e. The Morgan fingerprint density at radius 1 is 1.13 bits per heavy atom. The van der Waals surface area contributed by atoms with Gasteiger partial charge in [-0.1, -0.05) is 29.8 Å². The van der Waals surface area contributed by atoms with E-state index in [0.29, 0.717) is 17.3 Å². The first kappa shape index (κ1) is 17.4. The van der Waals surface area contributed by atoms with Gasteiger partial charge in [-0.2, -0.15) is 0 Å². The highest BCUT2D eigenvalue weighted by molar-refractivity contribution is 6.30. The summed E-state index contributed by atoms with van der Waals surface area (Å²) in [4.78, 5) is 12.1. The minimum Gasteiger partial charge on any atom is -0.481 e. The third-order valence-electron chi connectivity index (χ3n) is 3.79. The summed E-state index contributed by atoms with van der Waals surface area (Å²) in [6, 6.07) is 13.5. The van der Waals surface area contributed by atoms with E-state index in [9.17, 15) is 4.79 Å². The minimum atomic E-state index is -0.526. The van der Waals surface area contributed by atoms with Crippen LogP contribution < -0.4 is 10.1 Å². The van der Waals surface area contributed by atoms with Crippen molar-refractivity contribution in [1.29, 1.82) is 0 Å². The van der Waals surface area contributed by atoms with E-state index in [4.69, 9.17) is 16.3 Å². The molecule has 1 N–H and O–H groups in total. The lowest BCUT2D eigenvalue weighted by molar-refractivity contribution is -0.127. The van der Waals surface area contributed by atoms with Crippen molar-refractivity contribution in [2.45, 2.75) is 33.3 Å². The van der Waals surface area contributed by atoms with Crippen LogP contribution in [0.15, 0.2) is 42.5 Å². The van der Waals surface area contributed by atoms with Crippen LogP contribution in [-0.4, -0.2) is 18.6 Å². The Labute approximate surface area is 142 Å². The van der Waals surface area contributed by atoms with Gasteiger partial charge < -0.3 is 10.1 Å². The average Bonchev–Trinajstić information content (AvgIpc) is 2.52. The van der Waals surface area contributed by atoms with Crippen molar-refractivity contribution in [3.63, 3.8) is 0 Å². The van der Waals surface area contributed by atoms with Crippen molar-refractivity contribution in [2.24, 2.45) is 0 Å². The molecule has 0 aliphatic heterocycles. The van der Waals surface area contributed by atoms with E-state index in [2.05, 4.69) is 5.32 Å². The molecule has 0 aliphatic carbocycles. The number of aryl methyl sites for hydroxylation is 2. The molecule has 0 radical (unpaired) electrons. The van der Waals surface area contributed by atoms with Crippen molar-refractivity contribution in [3.8, 4) is 5.75 Å². The van der Waals surface area contributed by atoms with Crippen molar-refractivity contribution < 1.29 is 9.53 Å². The van der Waals surface area contributed by atoms with Gasteiger partial charge in [0.05, 0.1) is 0 Å². The molecule has 2 aromatic rings. The summed E-state index contributed by atoms with van der Waals surface area (Å²) in [7, 11) is 0. The molecular weight excluding hydrogens is 310 g/mol. The number of ether oxygens (including phenoxy) is 1. The number of nitrogens with one attached hydrogen (secondary N) is 1. The average molecular weight is 332 g/mol. The molecule has 122 valence electrons. The zero-order valence-electron chi connectivity index (χ0n) is 13.7. The Morgan fingerprint density at radius 3 is 2.48 bits per heavy atom. The number of benzene rings is 2. The Bertz CT molecular complexity index is 668. The van der Waals surface area contributed by atoms with Crippen LogP contribution >= 0.6 is 11.6 Å². The molecule has 23 heavy (non-hydrogen) atoms. The van der Waals surface area contributed by atoms with Gasteiger partial charge in [-0.25, -0.2) is 0 Å². The summed E-state index contributed by atoms with van der Waals surface area (Å²) in [5.74, 6) is 0.602. The van der Waals surface area contributed by atoms with E-state index in [1.54, 1.807) is 6.92 Å². The van der Waals surface area contributed by atoms with E-state index in [1.807, 2.05) is 56.3 Å². The third-order valence-corrected chi connectivity index (χ3v) is 4.04. The van der Waals surface area contributed by atoms with Gasteiger partial charge >= 0.3 is 0 Å².